The van der Waals surface area contributed by atoms with Crippen molar-refractivity contribution in [2.75, 3.05) is 11.1 Å². The summed E-state index contributed by atoms with van der Waals surface area (Å²) in [4.78, 5) is 13.8. The molecular weight excluding hydrogens is 438 g/mol. The van der Waals surface area contributed by atoms with Gasteiger partial charge in [-0.05, 0) is 43.4 Å². The van der Waals surface area contributed by atoms with Crippen LogP contribution in [0.25, 0.3) is 11.4 Å². The molecule has 0 unspecified atom stereocenters. The molecule has 154 valence electrons. The number of halogens is 1. The minimum atomic E-state index is -0.157. The zero-order valence-corrected chi connectivity index (χ0v) is 18.8. The van der Waals surface area contributed by atoms with E-state index in [-0.39, 0.29) is 11.7 Å². The van der Waals surface area contributed by atoms with E-state index in [0.29, 0.717) is 26.6 Å². The third kappa shape index (κ3) is 4.24. The number of hydrogen-bond donors (Lipinski definition) is 1. The van der Waals surface area contributed by atoms with Crippen molar-refractivity contribution in [3.8, 4) is 17.5 Å². The molecule has 1 amide bonds. The number of carbonyl (C=O) groups is 1. The van der Waals surface area contributed by atoms with Gasteiger partial charge in [-0.15, -0.1) is 21.5 Å². The van der Waals surface area contributed by atoms with Crippen LogP contribution in [0.5, 0.6) is 0 Å². The normalized spacial score (nSPS) is 13.4. The van der Waals surface area contributed by atoms with E-state index in [2.05, 4.69) is 21.6 Å². The van der Waals surface area contributed by atoms with Gasteiger partial charge in [0.25, 0.3) is 0 Å². The number of carbonyl (C=O) groups excluding carboxylic acids is 1. The molecule has 0 radical (unpaired) electrons. The third-order valence-corrected chi connectivity index (χ3v) is 7.63. The van der Waals surface area contributed by atoms with Crippen LogP contribution in [-0.2, 0) is 24.7 Å². The molecular formula is C21H20ClN5OS2. The Balaban J connectivity index is 1.44. The Hall–Kier alpha value is -2.34. The minimum absolute atomic E-state index is 0.157. The molecule has 0 saturated carbocycles. The highest BCUT2D eigenvalue weighted by Gasteiger charge is 2.21. The Morgan fingerprint density at radius 1 is 1.30 bits per heavy atom. The summed E-state index contributed by atoms with van der Waals surface area (Å²) in [6, 6.07) is 9.75. The number of thiophene rings is 1. The van der Waals surface area contributed by atoms with Gasteiger partial charge in [0.05, 0.1) is 16.3 Å². The smallest absolute Gasteiger partial charge is 0.235 e. The first-order chi connectivity index (χ1) is 14.6. The van der Waals surface area contributed by atoms with E-state index in [0.717, 1.165) is 36.8 Å². The molecule has 0 atom stereocenters. The molecule has 6 nitrogen and oxygen atoms in total. The van der Waals surface area contributed by atoms with Crippen molar-refractivity contribution < 1.29 is 4.79 Å². The highest BCUT2D eigenvalue weighted by atomic mass is 35.5. The van der Waals surface area contributed by atoms with Crippen LogP contribution in [0.1, 0.15) is 35.3 Å². The summed E-state index contributed by atoms with van der Waals surface area (Å²) < 4.78 is 1.83. The van der Waals surface area contributed by atoms with E-state index in [1.807, 2.05) is 29.8 Å². The van der Waals surface area contributed by atoms with Crippen molar-refractivity contribution in [1.29, 1.82) is 5.26 Å². The van der Waals surface area contributed by atoms with Crippen LogP contribution in [-0.4, -0.2) is 26.4 Å². The largest absolute Gasteiger partial charge is 0.316 e. The van der Waals surface area contributed by atoms with Crippen molar-refractivity contribution in [1.82, 2.24) is 14.8 Å². The standard InChI is InChI=1S/C21H20ClN5OS2/c1-27-19(14-8-5-6-9-16(14)22)25-26-21(27)29-12-18(28)24-20-15(11-23)13-7-3-2-4-10-17(13)30-20/h5-6,8-9H,2-4,7,10,12H2,1H3,(H,24,28). The Morgan fingerprint density at radius 2 is 2.10 bits per heavy atom. The number of thioether (sulfide) groups is 1. The average molecular weight is 458 g/mol. The van der Waals surface area contributed by atoms with Gasteiger partial charge >= 0.3 is 0 Å². The number of anilines is 1. The van der Waals surface area contributed by atoms with Gasteiger partial charge in [0, 0.05) is 17.5 Å². The Morgan fingerprint density at radius 3 is 2.90 bits per heavy atom. The molecule has 0 aliphatic heterocycles. The topological polar surface area (TPSA) is 83.6 Å². The first-order valence-electron chi connectivity index (χ1n) is 9.70. The number of nitrogens with zero attached hydrogens (tertiary/aromatic N) is 4. The van der Waals surface area contributed by atoms with Crippen LogP contribution < -0.4 is 5.32 Å². The fourth-order valence-electron chi connectivity index (χ4n) is 3.56. The molecule has 0 spiro atoms. The Kier molecular flexibility index (Phi) is 6.42. The average Bonchev–Trinajstić information content (AvgIpc) is 3.16. The molecule has 0 fully saturated rings. The zero-order valence-electron chi connectivity index (χ0n) is 16.4. The number of nitrogens with one attached hydrogen (secondary N) is 1. The monoisotopic (exact) mass is 457 g/mol. The number of aromatic nitrogens is 3. The Labute approximate surface area is 188 Å². The van der Waals surface area contributed by atoms with Gasteiger partial charge in [-0.25, -0.2) is 0 Å². The molecule has 1 N–H and O–H groups in total. The van der Waals surface area contributed by atoms with Gasteiger partial charge in [0.15, 0.2) is 11.0 Å². The summed E-state index contributed by atoms with van der Waals surface area (Å²) >= 11 is 9.11. The summed E-state index contributed by atoms with van der Waals surface area (Å²) in [5.74, 6) is 0.676. The van der Waals surface area contributed by atoms with Gasteiger partial charge in [-0.1, -0.05) is 41.9 Å². The summed E-state index contributed by atoms with van der Waals surface area (Å²) in [5.41, 5.74) is 2.56. The van der Waals surface area contributed by atoms with E-state index >= 15 is 0 Å². The zero-order chi connectivity index (χ0) is 21.1. The van der Waals surface area contributed by atoms with E-state index in [1.54, 1.807) is 17.4 Å². The number of aryl methyl sites for hydroxylation is 1. The van der Waals surface area contributed by atoms with Crippen molar-refractivity contribution >= 4 is 45.6 Å². The predicted octanol–water partition coefficient (Wildman–Crippen LogP) is 5.07. The van der Waals surface area contributed by atoms with Crippen LogP contribution in [0.2, 0.25) is 5.02 Å². The van der Waals surface area contributed by atoms with Gasteiger partial charge in [-0.3, -0.25) is 4.79 Å². The molecule has 2 aromatic heterocycles. The fourth-order valence-corrected chi connectivity index (χ4v) is 5.75. The van der Waals surface area contributed by atoms with E-state index in [1.165, 1.54) is 23.1 Å². The summed E-state index contributed by atoms with van der Waals surface area (Å²) in [7, 11) is 1.85. The molecule has 0 bridgehead atoms. The minimum Gasteiger partial charge on any atom is -0.316 e. The predicted molar refractivity (Wildman–Crippen MR) is 121 cm³/mol. The maximum Gasteiger partial charge on any atom is 0.235 e. The van der Waals surface area contributed by atoms with Crippen molar-refractivity contribution in [2.45, 2.75) is 37.3 Å². The quantitative estimate of drug-likeness (QED) is 0.427. The second-order valence-corrected chi connectivity index (χ2v) is 9.52. The van der Waals surface area contributed by atoms with Crippen LogP contribution in [0.4, 0.5) is 5.00 Å². The summed E-state index contributed by atoms with van der Waals surface area (Å²) in [6.45, 7) is 0. The highest BCUT2D eigenvalue weighted by molar-refractivity contribution is 7.99. The van der Waals surface area contributed by atoms with Crippen molar-refractivity contribution in [2.24, 2.45) is 7.05 Å². The molecule has 1 aromatic carbocycles. The summed E-state index contributed by atoms with van der Waals surface area (Å²) in [5, 5.41) is 22.9. The second kappa shape index (κ2) is 9.21. The van der Waals surface area contributed by atoms with Crippen molar-refractivity contribution in [3.05, 3.63) is 45.3 Å². The highest BCUT2D eigenvalue weighted by Crippen LogP contribution is 2.37. The second-order valence-electron chi connectivity index (χ2n) is 7.06. The lowest BCUT2D eigenvalue weighted by molar-refractivity contribution is -0.113. The van der Waals surface area contributed by atoms with E-state index in [9.17, 15) is 10.1 Å². The first kappa shape index (κ1) is 20.9. The Bertz CT molecular complexity index is 1130. The molecule has 30 heavy (non-hydrogen) atoms. The lowest BCUT2D eigenvalue weighted by Crippen LogP contribution is -2.14. The molecule has 9 heteroatoms. The lowest BCUT2D eigenvalue weighted by atomic mass is 10.1. The fraction of sp³-hybridized carbons (Fsp3) is 0.333. The maximum atomic E-state index is 12.6. The number of nitriles is 1. The maximum absolute atomic E-state index is 12.6. The van der Waals surface area contributed by atoms with Crippen LogP contribution in [0.3, 0.4) is 0 Å². The van der Waals surface area contributed by atoms with Crippen molar-refractivity contribution in [3.63, 3.8) is 0 Å². The lowest BCUT2D eigenvalue weighted by Gasteiger charge is -2.06. The van der Waals surface area contributed by atoms with Gasteiger partial charge < -0.3 is 9.88 Å². The third-order valence-electron chi connectivity index (χ3n) is 5.07. The van der Waals surface area contributed by atoms with Crippen LogP contribution in [0.15, 0.2) is 29.4 Å². The molecule has 3 aromatic rings. The van der Waals surface area contributed by atoms with Gasteiger partial charge in [0.1, 0.15) is 11.1 Å². The SMILES string of the molecule is Cn1c(SCC(=O)Nc2sc3c(c2C#N)CCCCC3)nnc1-c1ccccc1Cl. The molecule has 1 aliphatic rings. The van der Waals surface area contributed by atoms with Gasteiger partial charge in [0.2, 0.25) is 5.91 Å². The van der Waals surface area contributed by atoms with Gasteiger partial charge in [-0.2, -0.15) is 5.26 Å². The van der Waals surface area contributed by atoms with E-state index < -0.39 is 0 Å². The number of benzene rings is 1. The molecule has 1 aliphatic carbocycles. The van der Waals surface area contributed by atoms with Crippen LogP contribution >= 0.6 is 34.7 Å². The number of hydrogen-bond acceptors (Lipinski definition) is 6. The number of fused-ring (bicyclic) bond motifs is 1. The number of rotatable bonds is 5. The first-order valence-corrected chi connectivity index (χ1v) is 11.9. The molecule has 4 rings (SSSR count). The summed E-state index contributed by atoms with van der Waals surface area (Å²) in [6.07, 6.45) is 5.34. The van der Waals surface area contributed by atoms with Crippen LogP contribution in [0, 0.1) is 11.3 Å². The molecule has 0 saturated heterocycles. The molecule has 2 heterocycles. The van der Waals surface area contributed by atoms with E-state index in [4.69, 9.17) is 11.6 Å². The number of amides is 1.